The Morgan fingerprint density at radius 1 is 1.17 bits per heavy atom. The van der Waals surface area contributed by atoms with Gasteiger partial charge in [0.25, 0.3) is 0 Å². The quantitative estimate of drug-likeness (QED) is 0.548. The number of hydrogen-bond acceptors (Lipinski definition) is 7. The maximum absolute atomic E-state index is 14.5. The first-order valence-electron chi connectivity index (χ1n) is 11.9. The monoisotopic (exact) mass is 534 g/mol. The third kappa shape index (κ3) is 7.92. The number of hydrogen-bond donors (Lipinski definition) is 2. The molecular weight excluding hydrogens is 498 g/mol. The van der Waals surface area contributed by atoms with E-state index in [1.54, 1.807) is 0 Å². The van der Waals surface area contributed by atoms with Gasteiger partial charge in [0.05, 0.1) is 30.3 Å². The van der Waals surface area contributed by atoms with Gasteiger partial charge in [-0.3, -0.25) is 9.80 Å². The van der Waals surface area contributed by atoms with Gasteiger partial charge in [-0.15, -0.1) is 0 Å². The highest BCUT2D eigenvalue weighted by molar-refractivity contribution is 7.91. The molecule has 2 heterocycles. The molecule has 0 aromatic heterocycles. The summed E-state index contributed by atoms with van der Waals surface area (Å²) < 4.78 is 57.0. The summed E-state index contributed by atoms with van der Waals surface area (Å²) in [6.07, 6.45) is -2.91. The minimum absolute atomic E-state index is 0.0236. The van der Waals surface area contributed by atoms with E-state index in [4.69, 9.17) is 9.84 Å². The number of cyclic esters (lactones) is 1. The lowest BCUT2D eigenvalue weighted by Crippen LogP contribution is -2.41. The summed E-state index contributed by atoms with van der Waals surface area (Å²) in [4.78, 5) is 27.2. The van der Waals surface area contributed by atoms with E-state index >= 15 is 0 Å². The molecule has 0 spiro atoms. The van der Waals surface area contributed by atoms with Gasteiger partial charge in [-0.05, 0) is 34.2 Å². The summed E-state index contributed by atoms with van der Waals surface area (Å²) in [5.74, 6) is -2.23. The van der Waals surface area contributed by atoms with Gasteiger partial charge in [-0.25, -0.2) is 26.8 Å². The second-order valence-corrected chi connectivity index (χ2v) is 11.5. The van der Waals surface area contributed by atoms with Gasteiger partial charge in [0.2, 0.25) is 0 Å². The van der Waals surface area contributed by atoms with Crippen molar-refractivity contribution in [1.29, 1.82) is 0 Å². The normalized spacial score (nSPS) is 19.4. The van der Waals surface area contributed by atoms with Gasteiger partial charge >= 0.3 is 12.2 Å². The number of nitrogens with one attached hydrogen (secondary N) is 1. The molecule has 0 radical (unpaired) electrons. The number of benzene rings is 1. The van der Waals surface area contributed by atoms with Crippen LogP contribution in [0.5, 0.6) is 0 Å². The van der Waals surface area contributed by atoms with E-state index in [1.165, 1.54) is 4.90 Å². The lowest BCUT2D eigenvalue weighted by Gasteiger charge is -2.29. The highest BCUT2D eigenvalue weighted by Gasteiger charge is 2.34. The molecule has 36 heavy (non-hydrogen) atoms. The standard InChI is InChI=1S/C15H17F2N3O6S.C8H19N/c16-11-5-9(20-8-10(26-15(20)23)7-18-14(21)22)6-12(17)13(11)19-1-3-27(24,25)4-2-19;1-6-9(7(2)3)8(4)5/h5-6,10,18H,1-4,7-8H2,(H,21,22);7-8H,6H2,1-5H3/t10-;/m0./s1. The lowest BCUT2D eigenvalue weighted by atomic mass is 10.2. The number of carbonyl (C=O) groups is 2. The fourth-order valence-electron chi connectivity index (χ4n) is 4.31. The molecule has 2 aliphatic rings. The molecule has 2 aliphatic heterocycles. The molecule has 2 amide bonds. The predicted molar refractivity (Wildman–Crippen MR) is 134 cm³/mol. The number of ether oxygens (including phenoxy) is 1. The van der Waals surface area contributed by atoms with E-state index in [0.717, 1.165) is 23.6 Å². The number of halogens is 2. The van der Waals surface area contributed by atoms with Crippen LogP contribution in [0.25, 0.3) is 0 Å². The maximum Gasteiger partial charge on any atom is 0.414 e. The van der Waals surface area contributed by atoms with Crippen molar-refractivity contribution in [3.05, 3.63) is 23.8 Å². The highest BCUT2D eigenvalue weighted by Crippen LogP contribution is 2.31. The van der Waals surface area contributed by atoms with E-state index in [0.29, 0.717) is 12.1 Å². The molecule has 2 fully saturated rings. The predicted octanol–water partition coefficient (Wildman–Crippen LogP) is 2.92. The number of anilines is 2. The van der Waals surface area contributed by atoms with Crippen molar-refractivity contribution in [2.24, 2.45) is 0 Å². The lowest BCUT2D eigenvalue weighted by molar-refractivity contribution is 0.136. The molecule has 3 rings (SSSR count). The Morgan fingerprint density at radius 2 is 1.69 bits per heavy atom. The smallest absolute Gasteiger partial charge is 0.414 e. The Bertz CT molecular complexity index is 992. The van der Waals surface area contributed by atoms with E-state index in [9.17, 15) is 26.8 Å². The molecule has 0 aliphatic carbocycles. The van der Waals surface area contributed by atoms with Crippen LogP contribution in [0, 0.1) is 11.6 Å². The van der Waals surface area contributed by atoms with Gasteiger partial charge < -0.3 is 20.1 Å². The Hall–Kier alpha value is -2.67. The fraction of sp³-hybridized carbons (Fsp3) is 0.652. The second-order valence-electron chi connectivity index (χ2n) is 9.22. The minimum Gasteiger partial charge on any atom is -0.465 e. The van der Waals surface area contributed by atoms with Gasteiger partial charge in [0, 0.05) is 37.3 Å². The van der Waals surface area contributed by atoms with Crippen molar-refractivity contribution in [3.63, 3.8) is 0 Å². The summed E-state index contributed by atoms with van der Waals surface area (Å²) in [6, 6.07) is 3.32. The molecule has 0 bridgehead atoms. The Balaban J connectivity index is 0.000000434. The van der Waals surface area contributed by atoms with Crippen LogP contribution in [0.3, 0.4) is 0 Å². The van der Waals surface area contributed by atoms with Crippen molar-refractivity contribution in [1.82, 2.24) is 10.2 Å². The Kier molecular flexibility index (Phi) is 10.3. The van der Waals surface area contributed by atoms with E-state index < -0.39 is 39.8 Å². The molecule has 13 heteroatoms. The molecule has 1 aromatic rings. The average molecular weight is 535 g/mol. The van der Waals surface area contributed by atoms with Gasteiger partial charge in [0.1, 0.15) is 11.8 Å². The van der Waals surface area contributed by atoms with Crippen molar-refractivity contribution in [2.45, 2.75) is 52.8 Å². The van der Waals surface area contributed by atoms with Crippen LogP contribution in [0.4, 0.5) is 29.7 Å². The number of sulfone groups is 1. The summed E-state index contributed by atoms with van der Waals surface area (Å²) in [5.41, 5.74) is -0.411. The molecule has 1 aromatic carbocycles. The Labute approximate surface area is 211 Å². The first-order chi connectivity index (χ1) is 16.8. The third-order valence-electron chi connectivity index (χ3n) is 6.02. The number of nitrogens with zero attached hydrogens (tertiary/aromatic N) is 3. The van der Waals surface area contributed by atoms with Crippen molar-refractivity contribution in [2.75, 3.05) is 54.0 Å². The maximum atomic E-state index is 14.5. The van der Waals surface area contributed by atoms with Crippen molar-refractivity contribution >= 4 is 33.4 Å². The molecule has 0 unspecified atom stereocenters. The van der Waals surface area contributed by atoms with E-state index in [-0.39, 0.29) is 49.1 Å². The minimum atomic E-state index is -3.20. The molecule has 2 N–H and O–H groups in total. The van der Waals surface area contributed by atoms with Crippen molar-refractivity contribution in [3.8, 4) is 0 Å². The molecule has 1 atom stereocenters. The van der Waals surface area contributed by atoms with Gasteiger partial charge in [-0.1, -0.05) is 6.92 Å². The topological polar surface area (TPSA) is 119 Å². The molecule has 10 nitrogen and oxygen atoms in total. The van der Waals surface area contributed by atoms with E-state index in [2.05, 4.69) is 44.8 Å². The molecule has 0 saturated carbocycles. The fourth-order valence-corrected chi connectivity index (χ4v) is 5.51. The number of amides is 2. The summed E-state index contributed by atoms with van der Waals surface area (Å²) >= 11 is 0. The van der Waals surface area contributed by atoms with Crippen LogP contribution >= 0.6 is 0 Å². The molecule has 204 valence electrons. The molecule has 2 saturated heterocycles. The first-order valence-corrected chi connectivity index (χ1v) is 13.7. The first kappa shape index (κ1) is 29.6. The van der Waals surface area contributed by atoms with Crippen molar-refractivity contribution < 1.29 is 36.6 Å². The SMILES string of the molecule is CCN(C(C)C)C(C)C.O=C(O)NC[C@H]1CN(c2cc(F)c(N3CCS(=O)(=O)CC3)c(F)c2)C(=O)O1. The summed E-state index contributed by atoms with van der Waals surface area (Å²) in [7, 11) is -3.20. The van der Waals surface area contributed by atoms with Crippen LogP contribution in [0.2, 0.25) is 0 Å². The third-order valence-corrected chi connectivity index (χ3v) is 7.63. The van der Waals surface area contributed by atoms with Gasteiger partial charge in [-0.2, -0.15) is 0 Å². The largest absolute Gasteiger partial charge is 0.465 e. The number of carbonyl (C=O) groups excluding carboxylic acids is 1. The highest BCUT2D eigenvalue weighted by atomic mass is 32.2. The average Bonchev–Trinajstić information content (AvgIpc) is 3.14. The summed E-state index contributed by atoms with van der Waals surface area (Å²) in [5, 5.41) is 10.6. The zero-order chi connectivity index (χ0) is 27.2. The van der Waals surface area contributed by atoms with E-state index in [1.807, 2.05) is 0 Å². The Morgan fingerprint density at radius 3 is 2.11 bits per heavy atom. The number of rotatable bonds is 7. The molecular formula is C23H36F2N4O6S. The van der Waals surface area contributed by atoms with Crippen LogP contribution in [0.15, 0.2) is 12.1 Å². The number of carboxylic acid groups (broad SMARTS) is 1. The second kappa shape index (κ2) is 12.5. The zero-order valence-corrected chi connectivity index (χ0v) is 22.1. The van der Waals surface area contributed by atoms with Crippen LogP contribution < -0.4 is 15.1 Å². The summed E-state index contributed by atoms with van der Waals surface area (Å²) in [6.45, 7) is 12.1. The van der Waals surface area contributed by atoms with Crippen LogP contribution in [0.1, 0.15) is 34.6 Å². The van der Waals surface area contributed by atoms with Crippen LogP contribution in [-0.2, 0) is 14.6 Å². The zero-order valence-electron chi connectivity index (χ0n) is 21.3. The van der Waals surface area contributed by atoms with Crippen LogP contribution in [-0.4, -0.2) is 93.0 Å². The van der Waals surface area contributed by atoms with Gasteiger partial charge in [0.15, 0.2) is 21.5 Å².